The maximum Gasteiger partial charge on any atom is 0.339 e. The summed E-state index contributed by atoms with van der Waals surface area (Å²) in [4.78, 5) is 31.1. The molecule has 1 amide bonds. The van der Waals surface area contributed by atoms with Crippen molar-refractivity contribution in [3.8, 4) is 0 Å². The van der Waals surface area contributed by atoms with E-state index in [-0.39, 0.29) is 11.6 Å². The van der Waals surface area contributed by atoms with Gasteiger partial charge < -0.3 is 14.8 Å². The first kappa shape index (κ1) is 21.0. The maximum absolute atomic E-state index is 12.6. The van der Waals surface area contributed by atoms with Crippen LogP contribution in [0.25, 0.3) is 0 Å². The Morgan fingerprint density at radius 3 is 2.55 bits per heavy atom. The van der Waals surface area contributed by atoms with Crippen LogP contribution < -0.4 is 5.32 Å². The first-order valence-electron chi connectivity index (χ1n) is 9.88. The number of hydrogen-bond acceptors (Lipinski definition) is 6. The average molecular weight is 397 g/mol. The fourth-order valence-electron chi connectivity index (χ4n) is 3.26. The molecule has 1 aromatic heterocycles. The smallest absolute Gasteiger partial charge is 0.339 e. The summed E-state index contributed by atoms with van der Waals surface area (Å²) in [5.41, 5.74) is 3.40. The lowest BCUT2D eigenvalue weighted by molar-refractivity contribution is 0.0340. The van der Waals surface area contributed by atoms with Crippen molar-refractivity contribution in [2.45, 2.75) is 26.9 Å². The molecule has 0 aliphatic carbocycles. The molecule has 7 nitrogen and oxygen atoms in total. The molecule has 1 fully saturated rings. The predicted octanol–water partition coefficient (Wildman–Crippen LogP) is 2.33. The van der Waals surface area contributed by atoms with Gasteiger partial charge in [0.05, 0.1) is 31.1 Å². The topological polar surface area (TPSA) is 80.8 Å². The van der Waals surface area contributed by atoms with E-state index in [2.05, 4.69) is 21.3 Å². The highest BCUT2D eigenvalue weighted by atomic mass is 16.5. The Morgan fingerprint density at radius 1 is 1.14 bits per heavy atom. The van der Waals surface area contributed by atoms with Gasteiger partial charge in [-0.1, -0.05) is 24.3 Å². The van der Waals surface area contributed by atoms with Crippen LogP contribution in [0.3, 0.4) is 0 Å². The third-order valence-corrected chi connectivity index (χ3v) is 4.87. The number of carbonyl (C=O) groups is 2. The van der Waals surface area contributed by atoms with Crippen LogP contribution in [0.1, 0.15) is 44.6 Å². The van der Waals surface area contributed by atoms with Crippen LogP contribution in [-0.4, -0.2) is 54.7 Å². The molecular formula is C22H27N3O4. The fraction of sp³-hybridized carbons (Fsp3) is 0.409. The molecule has 0 bridgehead atoms. The zero-order valence-electron chi connectivity index (χ0n) is 16.9. The number of aryl methyl sites for hydroxylation is 1. The number of pyridine rings is 1. The van der Waals surface area contributed by atoms with Crippen LogP contribution in [0.2, 0.25) is 0 Å². The predicted molar refractivity (Wildman–Crippen MR) is 109 cm³/mol. The quantitative estimate of drug-likeness (QED) is 0.723. The van der Waals surface area contributed by atoms with Gasteiger partial charge in [-0.05, 0) is 37.1 Å². The normalized spacial score (nSPS) is 14.4. The molecule has 29 heavy (non-hydrogen) atoms. The molecular weight excluding hydrogens is 370 g/mol. The third-order valence-electron chi connectivity index (χ3n) is 4.87. The summed E-state index contributed by atoms with van der Waals surface area (Å²) < 4.78 is 10.4. The van der Waals surface area contributed by atoms with E-state index in [4.69, 9.17) is 9.47 Å². The molecule has 0 saturated carbocycles. The van der Waals surface area contributed by atoms with Crippen molar-refractivity contribution in [1.29, 1.82) is 0 Å². The summed E-state index contributed by atoms with van der Waals surface area (Å²) in [6.07, 6.45) is 0. The molecule has 154 valence electrons. The van der Waals surface area contributed by atoms with Crippen LogP contribution in [-0.2, 0) is 22.6 Å². The number of amides is 1. The highest BCUT2D eigenvalue weighted by molar-refractivity contribution is 5.95. The van der Waals surface area contributed by atoms with Crippen LogP contribution in [0.5, 0.6) is 0 Å². The number of carbonyl (C=O) groups excluding carboxylic acids is 2. The minimum atomic E-state index is -0.429. The standard InChI is InChI=1S/C22H27N3O4/c1-3-29-22(27)19-8-9-20(24-16(19)2)21(26)23-14-17-6-4-5-7-18(17)15-25-10-12-28-13-11-25/h4-9H,3,10-15H2,1-2H3,(H,23,26). The number of aromatic nitrogens is 1. The highest BCUT2D eigenvalue weighted by Gasteiger charge is 2.16. The third kappa shape index (κ3) is 5.62. The Balaban J connectivity index is 1.63. The molecule has 1 aliphatic heterocycles. The lowest BCUT2D eigenvalue weighted by atomic mass is 10.1. The SMILES string of the molecule is CCOC(=O)c1ccc(C(=O)NCc2ccccc2CN2CCOCC2)nc1C. The minimum Gasteiger partial charge on any atom is -0.462 e. The molecule has 1 saturated heterocycles. The molecule has 0 unspecified atom stereocenters. The molecule has 7 heteroatoms. The van der Waals surface area contributed by atoms with Gasteiger partial charge in [-0.15, -0.1) is 0 Å². The summed E-state index contributed by atoms with van der Waals surface area (Å²) >= 11 is 0. The summed E-state index contributed by atoms with van der Waals surface area (Å²) in [6, 6.07) is 11.2. The number of nitrogens with one attached hydrogen (secondary N) is 1. The van der Waals surface area contributed by atoms with Crippen molar-refractivity contribution in [3.63, 3.8) is 0 Å². The van der Waals surface area contributed by atoms with E-state index in [9.17, 15) is 9.59 Å². The van der Waals surface area contributed by atoms with Crippen molar-refractivity contribution in [2.75, 3.05) is 32.9 Å². The molecule has 1 aliphatic rings. The van der Waals surface area contributed by atoms with E-state index in [1.165, 1.54) is 5.56 Å². The fourth-order valence-corrected chi connectivity index (χ4v) is 3.26. The largest absolute Gasteiger partial charge is 0.462 e. The second kappa shape index (κ2) is 10.1. The van der Waals surface area contributed by atoms with Crippen LogP contribution in [0, 0.1) is 6.92 Å². The number of rotatable bonds is 7. The second-order valence-electron chi connectivity index (χ2n) is 6.89. The highest BCUT2D eigenvalue weighted by Crippen LogP contribution is 2.14. The van der Waals surface area contributed by atoms with Crippen LogP contribution >= 0.6 is 0 Å². The Labute approximate surface area is 171 Å². The van der Waals surface area contributed by atoms with Gasteiger partial charge in [0.25, 0.3) is 5.91 Å². The summed E-state index contributed by atoms with van der Waals surface area (Å²) in [5.74, 6) is -0.703. The van der Waals surface area contributed by atoms with Crippen LogP contribution in [0.15, 0.2) is 36.4 Å². The van der Waals surface area contributed by atoms with Gasteiger partial charge >= 0.3 is 5.97 Å². The Bertz CT molecular complexity index is 863. The average Bonchev–Trinajstić information content (AvgIpc) is 2.73. The van der Waals surface area contributed by atoms with E-state index >= 15 is 0 Å². The van der Waals surface area contributed by atoms with Crippen molar-refractivity contribution < 1.29 is 19.1 Å². The van der Waals surface area contributed by atoms with E-state index in [0.717, 1.165) is 38.4 Å². The van der Waals surface area contributed by atoms with Crippen molar-refractivity contribution in [2.24, 2.45) is 0 Å². The van der Waals surface area contributed by atoms with Crippen LogP contribution in [0.4, 0.5) is 0 Å². The van der Waals surface area contributed by atoms with Crippen molar-refractivity contribution in [3.05, 3.63) is 64.5 Å². The molecule has 0 atom stereocenters. The van der Waals surface area contributed by atoms with Crippen molar-refractivity contribution in [1.82, 2.24) is 15.2 Å². The molecule has 1 N–H and O–H groups in total. The first-order valence-corrected chi connectivity index (χ1v) is 9.88. The summed E-state index contributed by atoms with van der Waals surface area (Å²) in [6.45, 7) is 8.33. The molecule has 2 heterocycles. The van der Waals surface area contributed by atoms with Gasteiger partial charge in [-0.25, -0.2) is 9.78 Å². The van der Waals surface area contributed by atoms with E-state index in [1.807, 2.05) is 18.2 Å². The zero-order chi connectivity index (χ0) is 20.6. The monoisotopic (exact) mass is 397 g/mol. The molecule has 3 rings (SSSR count). The maximum atomic E-state index is 12.6. The number of morpholine rings is 1. The molecule has 2 aromatic rings. The summed E-state index contributed by atoms with van der Waals surface area (Å²) in [5, 5.41) is 2.93. The molecule has 0 radical (unpaired) electrons. The van der Waals surface area contributed by atoms with Gasteiger partial charge in [0.15, 0.2) is 0 Å². The van der Waals surface area contributed by atoms with Gasteiger partial charge in [-0.3, -0.25) is 9.69 Å². The van der Waals surface area contributed by atoms with Crippen molar-refractivity contribution >= 4 is 11.9 Å². The number of esters is 1. The lowest BCUT2D eigenvalue weighted by Crippen LogP contribution is -2.36. The Morgan fingerprint density at radius 2 is 1.86 bits per heavy atom. The van der Waals surface area contributed by atoms with E-state index in [1.54, 1.807) is 26.0 Å². The van der Waals surface area contributed by atoms with E-state index < -0.39 is 5.97 Å². The Kier molecular flexibility index (Phi) is 7.32. The Hall–Kier alpha value is -2.77. The number of benzene rings is 1. The number of hydrogen-bond donors (Lipinski definition) is 1. The van der Waals surface area contributed by atoms with E-state index in [0.29, 0.717) is 24.4 Å². The van der Waals surface area contributed by atoms with Gasteiger partial charge in [0.2, 0.25) is 0 Å². The molecule has 0 spiro atoms. The zero-order valence-corrected chi connectivity index (χ0v) is 16.9. The molecule has 1 aromatic carbocycles. The minimum absolute atomic E-state index is 0.273. The summed E-state index contributed by atoms with van der Waals surface area (Å²) in [7, 11) is 0. The number of nitrogens with zero attached hydrogens (tertiary/aromatic N) is 2. The van der Waals surface area contributed by atoms with Gasteiger partial charge in [0, 0.05) is 26.2 Å². The van der Waals surface area contributed by atoms with Gasteiger partial charge in [-0.2, -0.15) is 0 Å². The first-order chi connectivity index (χ1) is 14.1. The lowest BCUT2D eigenvalue weighted by Gasteiger charge is -2.27. The number of ether oxygens (including phenoxy) is 2. The van der Waals surface area contributed by atoms with Gasteiger partial charge in [0.1, 0.15) is 5.69 Å². The second-order valence-corrected chi connectivity index (χ2v) is 6.89.